The van der Waals surface area contributed by atoms with E-state index in [1.54, 1.807) is 91.9 Å². The molecule has 0 aliphatic heterocycles. The monoisotopic (exact) mass is 900 g/mol. The number of halogens is 1. The largest absolute Gasteiger partial charge is 0.497 e. The average Bonchev–Trinajstić information content (AvgIpc) is 3.75. The molecule has 2 heterocycles. The Hall–Kier alpha value is -6.66. The number of hydrogen-bond acceptors (Lipinski definition) is 11. The fourth-order valence-corrected chi connectivity index (χ4v) is 9.56. The van der Waals surface area contributed by atoms with Gasteiger partial charge in [-0.2, -0.15) is 0 Å². The summed E-state index contributed by atoms with van der Waals surface area (Å²) < 4.78 is 91.2. The molecule has 63 heavy (non-hydrogen) atoms. The predicted octanol–water partition coefficient (Wildman–Crippen LogP) is 5.86. The van der Waals surface area contributed by atoms with E-state index in [0.29, 0.717) is 50.3 Å². The third-order valence-electron chi connectivity index (χ3n) is 10.6. The van der Waals surface area contributed by atoms with Crippen molar-refractivity contribution in [3.8, 4) is 28.4 Å². The number of nitrogens with zero attached hydrogens (tertiary/aromatic N) is 2. The molecular weight excluding hydrogens is 856 g/mol. The fourth-order valence-electron chi connectivity index (χ4n) is 7.72. The first kappa shape index (κ1) is 44.4. The van der Waals surface area contributed by atoms with Crippen LogP contribution in [0.2, 0.25) is 0 Å². The molecule has 5 aromatic carbocycles. The number of hydrogen-bond donors (Lipinski definition) is 2. The van der Waals surface area contributed by atoms with Gasteiger partial charge in [0.05, 0.1) is 78.7 Å². The van der Waals surface area contributed by atoms with Gasteiger partial charge >= 0.3 is 17.3 Å². The number of benzene rings is 5. The van der Waals surface area contributed by atoms with Crippen LogP contribution < -0.4 is 25.6 Å². The van der Waals surface area contributed by atoms with Crippen LogP contribution in [0.4, 0.5) is 4.39 Å². The molecular formula is C45H45FN4O11S2. The molecule has 7 aromatic rings. The maximum absolute atomic E-state index is 15.8. The van der Waals surface area contributed by atoms with Crippen molar-refractivity contribution in [3.63, 3.8) is 0 Å². The van der Waals surface area contributed by atoms with Crippen LogP contribution in [0.5, 0.6) is 17.2 Å². The summed E-state index contributed by atoms with van der Waals surface area (Å²) >= 11 is 0. The number of methoxy groups -OCH3 is 2. The van der Waals surface area contributed by atoms with Crippen LogP contribution in [0.1, 0.15) is 46.1 Å². The highest BCUT2D eigenvalue weighted by Crippen LogP contribution is 2.34. The first-order valence-corrected chi connectivity index (χ1v) is 23.8. The summed E-state index contributed by atoms with van der Waals surface area (Å²) in [5.74, 6) is -0.783. The molecule has 0 aliphatic carbocycles. The molecule has 2 atom stereocenters. The molecule has 2 aromatic heterocycles. The van der Waals surface area contributed by atoms with E-state index in [1.807, 2.05) is 0 Å². The summed E-state index contributed by atoms with van der Waals surface area (Å²) in [5, 5.41) is 0. The molecule has 0 spiro atoms. The lowest BCUT2D eigenvalue weighted by Crippen LogP contribution is -2.28. The van der Waals surface area contributed by atoms with Gasteiger partial charge in [0.1, 0.15) is 31.2 Å². The first-order valence-electron chi connectivity index (χ1n) is 19.7. The van der Waals surface area contributed by atoms with Crippen molar-refractivity contribution in [3.05, 3.63) is 146 Å². The van der Waals surface area contributed by atoms with Crippen molar-refractivity contribution in [2.45, 2.75) is 25.4 Å². The zero-order valence-corrected chi connectivity index (χ0v) is 36.6. The highest BCUT2D eigenvalue weighted by molar-refractivity contribution is 7.90. The van der Waals surface area contributed by atoms with E-state index in [-0.39, 0.29) is 47.8 Å². The molecule has 330 valence electrons. The molecule has 0 amide bonds. The standard InChI is InChI=1S/C45H45FN4O11S2/c1-6-60-43(51)33-8-7-9-37-42(33)48-45(53)50(37)39(26-63(5,56)57)30-14-19-40(59-3)41(24-30)61-21-20-27-10-17-32(34(46)22-27)29-13-18-36-35(23-29)47-44(52)49(36)38(25-62(4,54)55)28-11-15-31(58-2)16-12-28/h7-19,22-24,38-39H,6,20-21,25-26H2,1-5H3,(H,47,52)(H,48,53)/t38?,39-/m1/s1. The van der Waals surface area contributed by atoms with Crippen LogP contribution in [0, 0.1) is 5.82 Å². The van der Waals surface area contributed by atoms with Crippen molar-refractivity contribution in [2.75, 3.05) is 51.5 Å². The van der Waals surface area contributed by atoms with Gasteiger partial charge < -0.3 is 28.9 Å². The molecule has 0 saturated heterocycles. The van der Waals surface area contributed by atoms with Crippen molar-refractivity contribution in [2.24, 2.45) is 0 Å². The van der Waals surface area contributed by atoms with Gasteiger partial charge in [-0.3, -0.25) is 9.13 Å². The van der Waals surface area contributed by atoms with Gasteiger partial charge in [0.15, 0.2) is 11.5 Å². The number of sulfone groups is 2. The second kappa shape index (κ2) is 18.0. The summed E-state index contributed by atoms with van der Waals surface area (Å²) in [4.78, 5) is 45.1. The lowest BCUT2D eigenvalue weighted by Gasteiger charge is -2.21. The van der Waals surface area contributed by atoms with E-state index in [9.17, 15) is 31.2 Å². The van der Waals surface area contributed by atoms with Crippen molar-refractivity contribution in [1.82, 2.24) is 19.1 Å². The molecule has 0 radical (unpaired) electrons. The van der Waals surface area contributed by atoms with Gasteiger partial charge in [-0.05, 0) is 83.8 Å². The first-order chi connectivity index (χ1) is 30.0. The number of para-hydroxylation sites is 1. The smallest absolute Gasteiger partial charge is 0.340 e. The quantitative estimate of drug-likeness (QED) is 0.104. The normalized spacial score (nSPS) is 12.9. The minimum absolute atomic E-state index is 0.0643. The summed E-state index contributed by atoms with van der Waals surface area (Å²) in [6.07, 6.45) is 2.43. The third kappa shape index (κ3) is 9.71. The zero-order valence-electron chi connectivity index (χ0n) is 35.0. The van der Waals surface area contributed by atoms with Crippen molar-refractivity contribution < 1.29 is 45.0 Å². The number of aromatic amines is 2. The number of rotatable bonds is 17. The Morgan fingerprint density at radius 1 is 0.730 bits per heavy atom. The Kier molecular flexibility index (Phi) is 12.7. The second-order valence-corrected chi connectivity index (χ2v) is 19.4. The summed E-state index contributed by atoms with van der Waals surface area (Å²) in [7, 11) is -4.24. The van der Waals surface area contributed by atoms with Crippen LogP contribution in [-0.2, 0) is 30.8 Å². The summed E-state index contributed by atoms with van der Waals surface area (Å²) in [6, 6.07) is 24.2. The number of fused-ring (bicyclic) bond motifs is 2. The van der Waals surface area contributed by atoms with E-state index in [4.69, 9.17) is 18.9 Å². The van der Waals surface area contributed by atoms with Crippen LogP contribution in [0.15, 0.2) is 107 Å². The SMILES string of the molecule is CCOC(=O)c1cccc2c1[nH]c(=O)n2[C@H](CS(C)(=O)=O)c1ccc(OC)c(OCCc2ccc(-c3ccc4c(c3)[nH]c(=O)n4C(CS(C)(=O)=O)c3ccc(OC)cc3)c(F)c2)c1. The minimum Gasteiger partial charge on any atom is -0.497 e. The minimum atomic E-state index is -3.67. The second-order valence-electron chi connectivity index (χ2n) is 15.1. The molecule has 2 N–H and O–H groups in total. The van der Waals surface area contributed by atoms with Gasteiger partial charge in [-0.1, -0.05) is 42.5 Å². The van der Waals surface area contributed by atoms with E-state index in [0.717, 1.165) is 12.5 Å². The lowest BCUT2D eigenvalue weighted by atomic mass is 10.0. The fraction of sp³-hybridized carbons (Fsp3) is 0.267. The highest BCUT2D eigenvalue weighted by Gasteiger charge is 2.27. The van der Waals surface area contributed by atoms with Crippen LogP contribution in [0.3, 0.4) is 0 Å². The molecule has 0 aliphatic rings. The maximum Gasteiger partial charge on any atom is 0.340 e. The topological polar surface area (TPSA) is 198 Å². The third-order valence-corrected chi connectivity index (χ3v) is 12.4. The van der Waals surface area contributed by atoms with Crippen LogP contribution >= 0.6 is 0 Å². The number of carbonyl (C=O) groups excluding carboxylic acids is 1. The van der Waals surface area contributed by atoms with E-state index in [2.05, 4.69) is 9.97 Å². The average molecular weight is 901 g/mol. The van der Waals surface area contributed by atoms with Crippen LogP contribution in [0.25, 0.3) is 33.2 Å². The van der Waals surface area contributed by atoms with E-state index >= 15 is 4.39 Å². The Balaban J connectivity index is 1.12. The lowest BCUT2D eigenvalue weighted by molar-refractivity contribution is 0.0528. The van der Waals surface area contributed by atoms with Gasteiger partial charge in [-0.15, -0.1) is 0 Å². The van der Waals surface area contributed by atoms with Gasteiger partial charge in [0.2, 0.25) is 0 Å². The molecule has 15 nitrogen and oxygen atoms in total. The molecule has 18 heteroatoms. The number of H-pyrrole nitrogens is 2. The molecule has 0 fully saturated rings. The number of nitrogens with one attached hydrogen (secondary N) is 2. The predicted molar refractivity (Wildman–Crippen MR) is 237 cm³/mol. The molecule has 1 unspecified atom stereocenters. The molecule has 0 bridgehead atoms. The van der Waals surface area contributed by atoms with E-state index < -0.39 is 60.7 Å². The van der Waals surface area contributed by atoms with Gasteiger partial charge in [0, 0.05) is 24.5 Å². The van der Waals surface area contributed by atoms with Crippen LogP contribution in [-0.4, -0.2) is 93.4 Å². The Labute approximate surface area is 361 Å². The number of aromatic nitrogens is 4. The van der Waals surface area contributed by atoms with Gasteiger partial charge in [-0.25, -0.2) is 35.6 Å². The summed E-state index contributed by atoms with van der Waals surface area (Å²) in [5.41, 5.74) is 2.69. The number of esters is 1. The Bertz CT molecular complexity index is 3190. The van der Waals surface area contributed by atoms with Crippen molar-refractivity contribution >= 4 is 47.7 Å². The molecule has 7 rings (SSSR count). The van der Waals surface area contributed by atoms with Gasteiger partial charge in [0.25, 0.3) is 0 Å². The Morgan fingerprint density at radius 2 is 1.40 bits per heavy atom. The Morgan fingerprint density at radius 3 is 2.05 bits per heavy atom. The number of carbonyl (C=O) groups is 1. The highest BCUT2D eigenvalue weighted by atomic mass is 32.2. The number of ether oxygens (including phenoxy) is 4. The zero-order chi connectivity index (χ0) is 45.2. The van der Waals surface area contributed by atoms with E-state index in [1.165, 1.54) is 35.5 Å². The number of imidazole rings is 2. The van der Waals surface area contributed by atoms with Crippen molar-refractivity contribution in [1.29, 1.82) is 0 Å². The molecule has 0 saturated carbocycles. The summed E-state index contributed by atoms with van der Waals surface area (Å²) in [6.45, 7) is 1.84. The maximum atomic E-state index is 15.8.